The molecule has 5 heteroatoms. The van der Waals surface area contributed by atoms with Crippen LogP contribution in [-0.4, -0.2) is 23.5 Å². The van der Waals surface area contributed by atoms with Crippen molar-refractivity contribution in [1.82, 2.24) is 0 Å². The highest BCUT2D eigenvalue weighted by Crippen LogP contribution is 2.14. The van der Waals surface area contributed by atoms with Crippen LogP contribution in [0.3, 0.4) is 0 Å². The molecule has 2 nitrogen and oxygen atoms in total. The first kappa shape index (κ1) is 14.3. The minimum atomic E-state index is -0.369. The van der Waals surface area contributed by atoms with Crippen LogP contribution < -0.4 is 11.1 Å². The van der Waals surface area contributed by atoms with E-state index in [4.69, 9.17) is 18.0 Å². The molecule has 0 aliphatic heterocycles. The van der Waals surface area contributed by atoms with Crippen LogP contribution in [0.25, 0.3) is 0 Å². The van der Waals surface area contributed by atoms with E-state index >= 15 is 0 Å². The van der Waals surface area contributed by atoms with Gasteiger partial charge in [-0.2, -0.15) is 11.8 Å². The van der Waals surface area contributed by atoms with E-state index < -0.39 is 0 Å². The number of hydrogen-bond donors (Lipinski definition) is 2. The summed E-state index contributed by atoms with van der Waals surface area (Å²) < 4.78 is 13.5. The van der Waals surface area contributed by atoms with Crippen molar-refractivity contribution in [3.8, 4) is 0 Å². The third kappa shape index (κ3) is 4.91. The Morgan fingerprint density at radius 1 is 1.47 bits per heavy atom. The van der Waals surface area contributed by atoms with E-state index in [0.29, 0.717) is 5.56 Å². The Labute approximate surface area is 111 Å². The lowest BCUT2D eigenvalue weighted by Crippen LogP contribution is -2.12. The van der Waals surface area contributed by atoms with Crippen LogP contribution >= 0.6 is 24.0 Å². The zero-order valence-electron chi connectivity index (χ0n) is 9.83. The number of thiocarbonyl (C=S) groups is 1. The molecule has 0 atom stereocenters. The van der Waals surface area contributed by atoms with E-state index in [1.807, 2.05) is 11.8 Å². The van der Waals surface area contributed by atoms with Gasteiger partial charge in [-0.3, -0.25) is 0 Å². The largest absolute Gasteiger partial charge is 0.389 e. The zero-order valence-corrected chi connectivity index (χ0v) is 11.5. The lowest BCUT2D eigenvalue weighted by molar-refractivity contribution is 0.626. The van der Waals surface area contributed by atoms with Gasteiger partial charge in [-0.25, -0.2) is 4.39 Å². The van der Waals surface area contributed by atoms with E-state index in [2.05, 4.69) is 11.6 Å². The monoisotopic (exact) mass is 272 g/mol. The van der Waals surface area contributed by atoms with Gasteiger partial charge >= 0.3 is 0 Å². The molecular weight excluding hydrogens is 255 g/mol. The number of halogens is 1. The fraction of sp³-hybridized carbons (Fsp3) is 0.417. The van der Waals surface area contributed by atoms with Crippen LogP contribution in [0.5, 0.6) is 0 Å². The van der Waals surface area contributed by atoms with E-state index in [1.165, 1.54) is 12.5 Å². The highest BCUT2D eigenvalue weighted by Gasteiger charge is 2.05. The average molecular weight is 272 g/mol. The normalized spacial score (nSPS) is 10.2. The second-order valence-corrected chi connectivity index (χ2v) is 5.11. The van der Waals surface area contributed by atoms with E-state index in [-0.39, 0.29) is 10.8 Å². The number of benzene rings is 1. The number of nitrogens with one attached hydrogen (secondary N) is 1. The average Bonchev–Trinajstić information content (AvgIpc) is 2.28. The van der Waals surface area contributed by atoms with Crippen LogP contribution in [0, 0.1) is 5.82 Å². The summed E-state index contributed by atoms with van der Waals surface area (Å²) >= 11 is 6.58. The SMILES string of the molecule is CSCCCCNc1ccc(C(N)=S)c(F)c1. The number of rotatable bonds is 7. The molecule has 17 heavy (non-hydrogen) atoms. The Hall–Kier alpha value is -0.810. The summed E-state index contributed by atoms with van der Waals surface area (Å²) in [6, 6.07) is 4.84. The second-order valence-electron chi connectivity index (χ2n) is 3.69. The molecule has 1 aromatic carbocycles. The summed E-state index contributed by atoms with van der Waals surface area (Å²) in [6.07, 6.45) is 4.35. The van der Waals surface area contributed by atoms with Gasteiger partial charge in [0.25, 0.3) is 0 Å². The molecule has 0 fully saturated rings. The van der Waals surface area contributed by atoms with Crippen molar-refractivity contribution in [1.29, 1.82) is 0 Å². The maximum atomic E-state index is 13.5. The van der Waals surface area contributed by atoms with E-state index in [9.17, 15) is 4.39 Å². The number of unbranched alkanes of at least 4 members (excludes halogenated alkanes) is 1. The molecular formula is C12H17FN2S2. The highest BCUT2D eigenvalue weighted by atomic mass is 32.2. The summed E-state index contributed by atoms with van der Waals surface area (Å²) in [5, 5.41) is 3.18. The van der Waals surface area contributed by atoms with Gasteiger partial charge in [0.05, 0.1) is 0 Å². The van der Waals surface area contributed by atoms with Crippen molar-refractivity contribution < 1.29 is 4.39 Å². The van der Waals surface area contributed by atoms with Gasteiger partial charge in [-0.15, -0.1) is 0 Å². The standard InChI is InChI=1S/C12H17FN2S2/c1-17-7-3-2-6-15-9-4-5-10(12(14)16)11(13)8-9/h4-5,8,15H,2-3,6-7H2,1H3,(H2,14,16). The van der Waals surface area contributed by atoms with E-state index in [1.54, 1.807) is 12.1 Å². The fourth-order valence-electron chi connectivity index (χ4n) is 1.43. The maximum Gasteiger partial charge on any atom is 0.135 e. The van der Waals surface area contributed by atoms with Crippen LogP contribution in [0.2, 0.25) is 0 Å². The summed E-state index contributed by atoms with van der Waals surface area (Å²) in [4.78, 5) is 0.0917. The molecule has 1 rings (SSSR count). The minimum absolute atomic E-state index is 0.0917. The third-order valence-electron chi connectivity index (χ3n) is 2.34. The van der Waals surface area contributed by atoms with Gasteiger partial charge in [0.1, 0.15) is 10.8 Å². The molecule has 0 unspecified atom stereocenters. The first-order chi connectivity index (χ1) is 8.15. The molecule has 3 N–H and O–H groups in total. The molecule has 0 aromatic heterocycles. The summed E-state index contributed by atoms with van der Waals surface area (Å²) in [6.45, 7) is 0.854. The minimum Gasteiger partial charge on any atom is -0.389 e. The summed E-state index contributed by atoms with van der Waals surface area (Å²) in [7, 11) is 0. The first-order valence-corrected chi connectivity index (χ1v) is 7.27. The number of nitrogens with two attached hydrogens (primary N) is 1. The van der Waals surface area contributed by atoms with Crippen LogP contribution in [0.4, 0.5) is 10.1 Å². The Balaban J connectivity index is 2.45. The quantitative estimate of drug-likeness (QED) is 0.591. The van der Waals surface area contributed by atoms with Gasteiger partial charge in [-0.1, -0.05) is 12.2 Å². The molecule has 0 amide bonds. The predicted octanol–water partition coefficient (Wildman–Crippen LogP) is 3.02. The third-order valence-corrected chi connectivity index (χ3v) is 3.26. The Morgan fingerprint density at radius 2 is 2.24 bits per heavy atom. The molecule has 0 saturated carbocycles. The lowest BCUT2D eigenvalue weighted by atomic mass is 10.2. The van der Waals surface area contributed by atoms with Gasteiger partial charge in [0.2, 0.25) is 0 Å². The van der Waals surface area contributed by atoms with Gasteiger partial charge in [-0.05, 0) is 43.0 Å². The lowest BCUT2D eigenvalue weighted by Gasteiger charge is -2.08. The topological polar surface area (TPSA) is 38.0 Å². The Bertz CT molecular complexity index is 383. The number of hydrogen-bond acceptors (Lipinski definition) is 3. The van der Waals surface area contributed by atoms with Crippen LogP contribution in [0.1, 0.15) is 18.4 Å². The Morgan fingerprint density at radius 3 is 2.82 bits per heavy atom. The highest BCUT2D eigenvalue weighted by molar-refractivity contribution is 7.98. The molecule has 0 spiro atoms. The molecule has 0 aliphatic carbocycles. The van der Waals surface area contributed by atoms with Gasteiger partial charge in [0.15, 0.2) is 0 Å². The predicted molar refractivity (Wildman–Crippen MR) is 78.4 cm³/mol. The van der Waals surface area contributed by atoms with Crippen molar-refractivity contribution in [2.45, 2.75) is 12.8 Å². The van der Waals surface area contributed by atoms with Crippen molar-refractivity contribution >= 4 is 34.7 Å². The molecule has 0 heterocycles. The number of anilines is 1. The van der Waals surface area contributed by atoms with Crippen molar-refractivity contribution in [3.63, 3.8) is 0 Å². The molecule has 0 saturated heterocycles. The molecule has 94 valence electrons. The van der Waals surface area contributed by atoms with Crippen molar-refractivity contribution in [3.05, 3.63) is 29.6 Å². The second kappa shape index (κ2) is 7.50. The van der Waals surface area contributed by atoms with Crippen LogP contribution in [-0.2, 0) is 0 Å². The summed E-state index contributed by atoms with van der Waals surface area (Å²) in [5.41, 5.74) is 6.46. The van der Waals surface area contributed by atoms with Crippen molar-refractivity contribution in [2.24, 2.45) is 5.73 Å². The van der Waals surface area contributed by atoms with Gasteiger partial charge in [0, 0.05) is 17.8 Å². The van der Waals surface area contributed by atoms with Crippen LogP contribution in [0.15, 0.2) is 18.2 Å². The fourth-order valence-corrected chi connectivity index (χ4v) is 2.09. The molecule has 0 bridgehead atoms. The zero-order chi connectivity index (χ0) is 12.7. The van der Waals surface area contributed by atoms with Crippen molar-refractivity contribution in [2.75, 3.05) is 23.9 Å². The molecule has 0 aliphatic rings. The maximum absolute atomic E-state index is 13.5. The summed E-state index contributed by atoms with van der Waals surface area (Å²) in [5.74, 6) is 0.794. The number of thioether (sulfide) groups is 1. The Kier molecular flexibility index (Phi) is 6.29. The smallest absolute Gasteiger partial charge is 0.135 e. The molecule has 0 radical (unpaired) electrons. The first-order valence-electron chi connectivity index (χ1n) is 5.47. The van der Waals surface area contributed by atoms with Gasteiger partial charge < -0.3 is 11.1 Å². The molecule has 1 aromatic rings. The van der Waals surface area contributed by atoms with E-state index in [0.717, 1.165) is 24.4 Å².